The van der Waals surface area contributed by atoms with Crippen LogP contribution in [0.3, 0.4) is 0 Å². The summed E-state index contributed by atoms with van der Waals surface area (Å²) >= 11 is 0. The average Bonchev–Trinajstić information content (AvgIpc) is 2.68. The van der Waals surface area contributed by atoms with Crippen LogP contribution in [-0.4, -0.2) is 62.7 Å². The predicted molar refractivity (Wildman–Crippen MR) is 101 cm³/mol. The first kappa shape index (κ1) is 22.0. The lowest BCUT2D eigenvalue weighted by molar-refractivity contribution is -0.137. The molecule has 9 heteroatoms. The van der Waals surface area contributed by atoms with Crippen molar-refractivity contribution in [2.24, 2.45) is 4.99 Å². The van der Waals surface area contributed by atoms with E-state index in [4.69, 9.17) is 4.74 Å². The Labute approximate surface area is 163 Å². The van der Waals surface area contributed by atoms with Crippen LogP contribution in [-0.2, 0) is 10.9 Å². The van der Waals surface area contributed by atoms with Crippen molar-refractivity contribution >= 4 is 11.9 Å². The van der Waals surface area contributed by atoms with Gasteiger partial charge in [-0.05, 0) is 44.0 Å². The van der Waals surface area contributed by atoms with Gasteiger partial charge in [0.1, 0.15) is 0 Å². The zero-order chi connectivity index (χ0) is 20.6. The minimum absolute atomic E-state index is 0.190. The molecule has 1 fully saturated rings. The zero-order valence-corrected chi connectivity index (χ0v) is 16.2. The molecule has 1 aromatic carbocycles. The van der Waals surface area contributed by atoms with E-state index < -0.39 is 17.6 Å². The van der Waals surface area contributed by atoms with Gasteiger partial charge >= 0.3 is 6.18 Å². The smallest absolute Gasteiger partial charge is 0.378 e. The largest absolute Gasteiger partial charge is 0.416 e. The second-order valence-corrected chi connectivity index (χ2v) is 6.45. The molecule has 0 saturated carbocycles. The topological polar surface area (TPSA) is 66.0 Å². The quantitative estimate of drug-likeness (QED) is 0.438. The van der Waals surface area contributed by atoms with Gasteiger partial charge in [-0.3, -0.25) is 9.79 Å². The first-order valence-electron chi connectivity index (χ1n) is 9.37. The van der Waals surface area contributed by atoms with Crippen molar-refractivity contribution < 1.29 is 22.7 Å². The maximum Gasteiger partial charge on any atom is 0.416 e. The van der Waals surface area contributed by atoms with Crippen LogP contribution < -0.4 is 10.6 Å². The van der Waals surface area contributed by atoms with E-state index in [-0.39, 0.29) is 5.56 Å². The van der Waals surface area contributed by atoms with Gasteiger partial charge in [-0.1, -0.05) is 0 Å². The highest BCUT2D eigenvalue weighted by Crippen LogP contribution is 2.29. The number of likely N-dealkylation sites (tertiary alicyclic amines) is 1. The number of halogens is 3. The molecule has 0 unspecified atom stereocenters. The summed E-state index contributed by atoms with van der Waals surface area (Å²) in [6, 6.07) is 4.15. The molecule has 1 aliphatic rings. The molecule has 6 nitrogen and oxygen atoms in total. The van der Waals surface area contributed by atoms with Crippen molar-refractivity contribution in [2.45, 2.75) is 32.0 Å². The number of hydrogen-bond donors (Lipinski definition) is 2. The minimum Gasteiger partial charge on any atom is -0.378 e. The van der Waals surface area contributed by atoms with Gasteiger partial charge in [0.05, 0.1) is 11.7 Å². The molecule has 0 radical (unpaired) electrons. The number of guanidine groups is 1. The van der Waals surface area contributed by atoms with E-state index in [2.05, 4.69) is 20.5 Å². The fraction of sp³-hybridized carbons (Fsp3) is 0.579. The van der Waals surface area contributed by atoms with Crippen molar-refractivity contribution in [3.05, 3.63) is 35.4 Å². The number of alkyl halides is 3. The zero-order valence-electron chi connectivity index (χ0n) is 16.2. The lowest BCUT2D eigenvalue weighted by atomic mass is 10.1. The van der Waals surface area contributed by atoms with Crippen LogP contribution in [0.15, 0.2) is 29.3 Å². The molecule has 1 saturated heterocycles. The van der Waals surface area contributed by atoms with Crippen LogP contribution in [0, 0.1) is 0 Å². The number of ether oxygens (including phenoxy) is 1. The number of aliphatic imine (C=N–C) groups is 1. The van der Waals surface area contributed by atoms with Gasteiger partial charge < -0.3 is 20.3 Å². The monoisotopic (exact) mass is 400 g/mol. The molecule has 1 aliphatic heterocycles. The number of amides is 1. The van der Waals surface area contributed by atoms with Crippen molar-refractivity contribution in [1.29, 1.82) is 0 Å². The maximum absolute atomic E-state index is 12.6. The van der Waals surface area contributed by atoms with Crippen molar-refractivity contribution in [3.63, 3.8) is 0 Å². The summed E-state index contributed by atoms with van der Waals surface area (Å²) in [5.41, 5.74) is -0.585. The molecular formula is C19H27F3N4O2. The van der Waals surface area contributed by atoms with Gasteiger partial charge in [0.15, 0.2) is 5.96 Å². The Balaban J connectivity index is 1.73. The van der Waals surface area contributed by atoms with Crippen molar-refractivity contribution in [2.75, 3.05) is 39.8 Å². The van der Waals surface area contributed by atoms with Gasteiger partial charge in [0, 0.05) is 45.4 Å². The molecule has 0 atom stereocenters. The second kappa shape index (κ2) is 10.3. The first-order valence-corrected chi connectivity index (χ1v) is 9.37. The second-order valence-electron chi connectivity index (χ2n) is 6.45. The van der Waals surface area contributed by atoms with Gasteiger partial charge in [0.25, 0.3) is 5.91 Å². The molecule has 0 aliphatic carbocycles. The van der Waals surface area contributed by atoms with Gasteiger partial charge in [0.2, 0.25) is 0 Å². The van der Waals surface area contributed by atoms with Crippen LogP contribution in [0.2, 0.25) is 0 Å². The standard InChI is InChI=1S/C19H27F3N4O2/c1-3-28-16-8-12-26(13-9-16)18(23-2)25-11-10-24-17(27)14-4-6-15(7-5-14)19(20,21)22/h4-7,16H,3,8-13H2,1-2H3,(H,23,25)(H,24,27). The molecule has 2 rings (SSSR count). The van der Waals surface area contributed by atoms with E-state index in [1.165, 1.54) is 12.1 Å². The number of nitrogens with one attached hydrogen (secondary N) is 2. The summed E-state index contributed by atoms with van der Waals surface area (Å²) in [5.74, 6) is 0.349. The summed E-state index contributed by atoms with van der Waals surface area (Å²) in [6.45, 7) is 5.20. The number of carbonyl (C=O) groups excluding carboxylic acids is 1. The highest BCUT2D eigenvalue weighted by atomic mass is 19.4. The van der Waals surface area contributed by atoms with Crippen molar-refractivity contribution in [3.8, 4) is 0 Å². The van der Waals surface area contributed by atoms with E-state index in [0.29, 0.717) is 19.2 Å². The van der Waals surface area contributed by atoms with Crippen LogP contribution in [0.5, 0.6) is 0 Å². The lowest BCUT2D eigenvalue weighted by Crippen LogP contribution is -2.48. The molecule has 1 heterocycles. The molecule has 28 heavy (non-hydrogen) atoms. The average molecular weight is 400 g/mol. The van der Waals surface area contributed by atoms with Crippen LogP contribution in [0.25, 0.3) is 0 Å². The third-order valence-electron chi connectivity index (χ3n) is 4.52. The molecule has 1 amide bonds. The number of carbonyl (C=O) groups is 1. The summed E-state index contributed by atoms with van der Waals surface area (Å²) in [5, 5.41) is 5.88. The Morgan fingerprint density at radius 3 is 2.32 bits per heavy atom. The fourth-order valence-electron chi connectivity index (χ4n) is 3.07. The Hall–Kier alpha value is -2.29. The number of piperidine rings is 1. The van der Waals surface area contributed by atoms with Crippen LogP contribution in [0.1, 0.15) is 35.7 Å². The molecule has 1 aromatic rings. The molecular weight excluding hydrogens is 373 g/mol. The van der Waals surface area contributed by atoms with E-state index in [1.807, 2.05) is 6.92 Å². The number of benzene rings is 1. The van der Waals surface area contributed by atoms with Crippen LogP contribution in [0.4, 0.5) is 13.2 Å². The highest BCUT2D eigenvalue weighted by molar-refractivity contribution is 5.94. The molecule has 0 aromatic heterocycles. The molecule has 0 bridgehead atoms. The lowest BCUT2D eigenvalue weighted by Gasteiger charge is -2.34. The SMILES string of the molecule is CCOC1CCN(C(=NC)NCCNC(=O)c2ccc(C(F)(F)F)cc2)CC1. The summed E-state index contributed by atoms with van der Waals surface area (Å²) in [6.07, 6.45) is -2.23. The van der Waals surface area contributed by atoms with E-state index in [0.717, 1.165) is 50.6 Å². The summed E-state index contributed by atoms with van der Waals surface area (Å²) in [7, 11) is 1.71. The molecule has 2 N–H and O–H groups in total. The van der Waals surface area contributed by atoms with E-state index in [9.17, 15) is 18.0 Å². The minimum atomic E-state index is -4.41. The highest BCUT2D eigenvalue weighted by Gasteiger charge is 2.30. The fourth-order valence-corrected chi connectivity index (χ4v) is 3.07. The Kier molecular flexibility index (Phi) is 8.10. The number of nitrogens with zero attached hydrogens (tertiary/aromatic N) is 2. The van der Waals surface area contributed by atoms with E-state index in [1.54, 1.807) is 7.05 Å². The predicted octanol–water partition coefficient (Wildman–Crippen LogP) is 2.51. The normalized spacial score (nSPS) is 16.2. The Morgan fingerprint density at radius 2 is 1.79 bits per heavy atom. The summed E-state index contributed by atoms with van der Waals surface area (Å²) in [4.78, 5) is 18.5. The summed E-state index contributed by atoms with van der Waals surface area (Å²) < 4.78 is 43.3. The number of hydrogen-bond acceptors (Lipinski definition) is 3. The third kappa shape index (κ3) is 6.40. The maximum atomic E-state index is 12.6. The van der Waals surface area contributed by atoms with Crippen LogP contribution >= 0.6 is 0 Å². The molecule has 156 valence electrons. The van der Waals surface area contributed by atoms with E-state index >= 15 is 0 Å². The third-order valence-corrected chi connectivity index (χ3v) is 4.52. The van der Waals surface area contributed by atoms with Crippen molar-refractivity contribution in [1.82, 2.24) is 15.5 Å². The Bertz CT molecular complexity index is 654. The van der Waals surface area contributed by atoms with Gasteiger partial charge in [-0.2, -0.15) is 13.2 Å². The first-order chi connectivity index (χ1) is 13.3. The Morgan fingerprint density at radius 1 is 1.18 bits per heavy atom. The van der Waals surface area contributed by atoms with Gasteiger partial charge in [-0.15, -0.1) is 0 Å². The van der Waals surface area contributed by atoms with Gasteiger partial charge in [-0.25, -0.2) is 0 Å². The molecule has 0 spiro atoms. The number of rotatable bonds is 6.